The minimum Gasteiger partial charge on any atom is -0.298 e. The standard InChI is InChI=1S/C11H8O.ClH/c12-8-10-6-3-5-9-4-1-2-7-11(9)10;/h1-8H;1H. The van der Waals surface area contributed by atoms with Crippen molar-refractivity contribution in [1.29, 1.82) is 0 Å². The molecule has 0 spiro atoms. The van der Waals surface area contributed by atoms with Gasteiger partial charge in [-0.15, -0.1) is 12.4 Å². The Hall–Kier alpha value is -1.34. The molecule has 0 N–H and O–H groups in total. The molecule has 0 amide bonds. The van der Waals surface area contributed by atoms with Gasteiger partial charge in [0.05, 0.1) is 0 Å². The van der Waals surface area contributed by atoms with Gasteiger partial charge >= 0.3 is 0 Å². The van der Waals surface area contributed by atoms with Crippen LogP contribution in [0.25, 0.3) is 10.8 Å². The molecular weight excluding hydrogens is 184 g/mol. The predicted molar refractivity (Wildman–Crippen MR) is 56.6 cm³/mol. The first-order valence-electron chi connectivity index (χ1n) is 3.85. The van der Waals surface area contributed by atoms with Crippen LogP contribution in [0.3, 0.4) is 0 Å². The molecule has 0 aromatic heterocycles. The van der Waals surface area contributed by atoms with Gasteiger partial charge in [-0.2, -0.15) is 0 Å². The molecule has 0 radical (unpaired) electrons. The van der Waals surface area contributed by atoms with Gasteiger partial charge in [-0.25, -0.2) is 0 Å². The Morgan fingerprint density at radius 3 is 2.38 bits per heavy atom. The molecule has 66 valence electrons. The van der Waals surface area contributed by atoms with Crippen molar-refractivity contribution in [2.45, 2.75) is 0 Å². The molecule has 2 rings (SSSR count). The van der Waals surface area contributed by atoms with Crippen LogP contribution in [0.5, 0.6) is 0 Å². The van der Waals surface area contributed by atoms with E-state index in [1.54, 1.807) is 0 Å². The van der Waals surface area contributed by atoms with Crippen molar-refractivity contribution in [3.63, 3.8) is 0 Å². The molecule has 13 heavy (non-hydrogen) atoms. The van der Waals surface area contributed by atoms with E-state index in [1.807, 2.05) is 42.5 Å². The molecule has 0 saturated carbocycles. The van der Waals surface area contributed by atoms with Crippen molar-refractivity contribution in [1.82, 2.24) is 0 Å². The summed E-state index contributed by atoms with van der Waals surface area (Å²) in [6, 6.07) is 13.6. The van der Waals surface area contributed by atoms with Crippen molar-refractivity contribution in [3.8, 4) is 0 Å². The highest BCUT2D eigenvalue weighted by Gasteiger charge is 1.96. The van der Waals surface area contributed by atoms with E-state index in [0.29, 0.717) is 0 Å². The number of hydrogen-bond acceptors (Lipinski definition) is 1. The maximum absolute atomic E-state index is 10.6. The summed E-state index contributed by atoms with van der Waals surface area (Å²) >= 11 is 0. The summed E-state index contributed by atoms with van der Waals surface area (Å²) in [5.74, 6) is 0. The van der Waals surface area contributed by atoms with Gasteiger partial charge in [0, 0.05) is 5.56 Å². The smallest absolute Gasteiger partial charge is 0.150 e. The highest BCUT2D eigenvalue weighted by atomic mass is 35.5. The number of fused-ring (bicyclic) bond motifs is 1. The lowest BCUT2D eigenvalue weighted by Gasteiger charge is -1.98. The lowest BCUT2D eigenvalue weighted by atomic mass is 10.1. The molecule has 0 saturated heterocycles. The molecule has 0 atom stereocenters. The molecule has 0 aliphatic carbocycles. The van der Waals surface area contributed by atoms with Crippen LogP contribution in [-0.2, 0) is 0 Å². The van der Waals surface area contributed by atoms with Gasteiger partial charge in [-0.1, -0.05) is 42.5 Å². The fourth-order valence-corrected chi connectivity index (χ4v) is 1.35. The summed E-state index contributed by atoms with van der Waals surface area (Å²) in [5, 5.41) is 2.14. The molecule has 0 bridgehead atoms. The van der Waals surface area contributed by atoms with Crippen LogP contribution in [-0.4, -0.2) is 6.29 Å². The van der Waals surface area contributed by atoms with E-state index in [2.05, 4.69) is 0 Å². The van der Waals surface area contributed by atoms with Gasteiger partial charge < -0.3 is 0 Å². The van der Waals surface area contributed by atoms with Crippen molar-refractivity contribution in [2.75, 3.05) is 0 Å². The Morgan fingerprint density at radius 1 is 0.923 bits per heavy atom. The van der Waals surface area contributed by atoms with Crippen LogP contribution in [0.2, 0.25) is 0 Å². The van der Waals surface area contributed by atoms with Crippen molar-refractivity contribution < 1.29 is 4.79 Å². The first kappa shape index (κ1) is 9.75. The Labute approximate surface area is 82.8 Å². The molecule has 0 aliphatic rings. The zero-order valence-electron chi connectivity index (χ0n) is 6.94. The largest absolute Gasteiger partial charge is 0.298 e. The fourth-order valence-electron chi connectivity index (χ4n) is 1.35. The summed E-state index contributed by atoms with van der Waals surface area (Å²) < 4.78 is 0. The Balaban J connectivity index is 0.000000845. The number of aldehydes is 1. The zero-order chi connectivity index (χ0) is 8.39. The quantitative estimate of drug-likeness (QED) is 0.635. The monoisotopic (exact) mass is 192 g/mol. The second-order valence-corrected chi connectivity index (χ2v) is 2.69. The third-order valence-corrected chi connectivity index (χ3v) is 1.95. The topological polar surface area (TPSA) is 17.1 Å². The van der Waals surface area contributed by atoms with Crippen molar-refractivity contribution in [3.05, 3.63) is 48.0 Å². The molecule has 2 aromatic carbocycles. The van der Waals surface area contributed by atoms with E-state index < -0.39 is 0 Å². The molecule has 0 aliphatic heterocycles. The van der Waals surface area contributed by atoms with Gasteiger partial charge in [-0.05, 0) is 10.8 Å². The normalized spacial score (nSPS) is 9.23. The van der Waals surface area contributed by atoms with Gasteiger partial charge in [0.2, 0.25) is 0 Å². The third-order valence-electron chi connectivity index (χ3n) is 1.95. The van der Waals surface area contributed by atoms with Gasteiger partial charge in [0.15, 0.2) is 6.29 Å². The Bertz CT molecular complexity index is 418. The van der Waals surface area contributed by atoms with Crippen molar-refractivity contribution in [2.24, 2.45) is 0 Å². The minimum absolute atomic E-state index is 0. The molecule has 0 fully saturated rings. The average molecular weight is 193 g/mol. The zero-order valence-corrected chi connectivity index (χ0v) is 7.75. The average Bonchev–Trinajstić information content (AvgIpc) is 2.17. The summed E-state index contributed by atoms with van der Waals surface area (Å²) in [4.78, 5) is 10.6. The van der Waals surface area contributed by atoms with Crippen LogP contribution in [0.1, 0.15) is 10.4 Å². The number of halogens is 1. The minimum atomic E-state index is 0. The second kappa shape index (κ2) is 4.06. The number of rotatable bonds is 1. The van der Waals surface area contributed by atoms with Gasteiger partial charge in [0.25, 0.3) is 0 Å². The number of benzene rings is 2. The molecule has 0 heterocycles. The van der Waals surface area contributed by atoms with E-state index in [4.69, 9.17) is 0 Å². The third kappa shape index (κ3) is 1.70. The maximum Gasteiger partial charge on any atom is 0.150 e. The second-order valence-electron chi connectivity index (χ2n) is 2.69. The lowest BCUT2D eigenvalue weighted by Crippen LogP contribution is -1.81. The number of hydrogen-bond donors (Lipinski definition) is 0. The Kier molecular flexibility index (Phi) is 3.04. The summed E-state index contributed by atoms with van der Waals surface area (Å²) in [7, 11) is 0. The van der Waals surface area contributed by atoms with E-state index in [-0.39, 0.29) is 12.4 Å². The molecule has 1 nitrogen and oxygen atoms in total. The van der Waals surface area contributed by atoms with Crippen molar-refractivity contribution >= 4 is 29.5 Å². The molecule has 2 aromatic rings. The van der Waals surface area contributed by atoms with Crippen LogP contribution >= 0.6 is 12.4 Å². The lowest BCUT2D eigenvalue weighted by molar-refractivity contribution is 0.112. The predicted octanol–water partition coefficient (Wildman–Crippen LogP) is 3.07. The number of carbonyl (C=O) groups is 1. The van der Waals surface area contributed by atoms with Crippen LogP contribution in [0, 0.1) is 0 Å². The van der Waals surface area contributed by atoms with Crippen LogP contribution in [0.15, 0.2) is 42.5 Å². The summed E-state index contributed by atoms with van der Waals surface area (Å²) in [6.07, 6.45) is 0.891. The highest BCUT2D eigenvalue weighted by Crippen LogP contribution is 2.16. The molecular formula is C11H9ClO. The number of carbonyl (C=O) groups excluding carboxylic acids is 1. The first-order chi connectivity index (χ1) is 5.92. The van der Waals surface area contributed by atoms with Gasteiger partial charge in [0.1, 0.15) is 0 Å². The molecule has 0 unspecified atom stereocenters. The fraction of sp³-hybridized carbons (Fsp3) is 0. The maximum atomic E-state index is 10.6. The van der Waals surface area contributed by atoms with Crippen LogP contribution in [0.4, 0.5) is 0 Å². The van der Waals surface area contributed by atoms with Crippen LogP contribution < -0.4 is 0 Å². The molecule has 2 heteroatoms. The SMILES string of the molecule is Cl.O=Cc1cccc2ccccc12. The van der Waals surface area contributed by atoms with Gasteiger partial charge in [-0.3, -0.25) is 4.79 Å². The summed E-state index contributed by atoms with van der Waals surface area (Å²) in [5.41, 5.74) is 0.758. The van der Waals surface area contributed by atoms with E-state index >= 15 is 0 Å². The first-order valence-corrected chi connectivity index (χ1v) is 3.85. The van der Waals surface area contributed by atoms with E-state index in [1.165, 1.54) is 0 Å². The summed E-state index contributed by atoms with van der Waals surface area (Å²) in [6.45, 7) is 0. The van der Waals surface area contributed by atoms with E-state index in [9.17, 15) is 4.79 Å². The van der Waals surface area contributed by atoms with E-state index in [0.717, 1.165) is 22.6 Å². The Morgan fingerprint density at radius 2 is 1.62 bits per heavy atom. The highest BCUT2D eigenvalue weighted by molar-refractivity contribution is 5.97.